The Morgan fingerprint density at radius 1 is 1.36 bits per heavy atom. The van der Waals surface area contributed by atoms with Crippen LogP contribution in [0.4, 0.5) is 0 Å². The van der Waals surface area contributed by atoms with Crippen molar-refractivity contribution in [3.63, 3.8) is 0 Å². The van der Waals surface area contributed by atoms with E-state index in [-0.39, 0.29) is 0 Å². The molecule has 0 N–H and O–H groups in total. The Labute approximate surface area is 94.5 Å². The van der Waals surface area contributed by atoms with Gasteiger partial charge in [-0.15, -0.1) is 0 Å². The van der Waals surface area contributed by atoms with Crippen LogP contribution in [0.15, 0.2) is 24.3 Å². The molecule has 1 heterocycles. The Bertz CT molecular complexity index is 332. The van der Waals surface area contributed by atoms with Crippen molar-refractivity contribution in [2.45, 2.75) is 13.5 Å². The first-order valence-electron chi connectivity index (χ1n) is 4.73. The minimum Gasteiger partial charge on any atom is -0.352 e. The smallest absolute Gasteiger partial charge is 0.136 e. The fourth-order valence-electron chi connectivity index (χ4n) is 1.48. The zero-order chi connectivity index (χ0) is 9.97. The van der Waals surface area contributed by atoms with E-state index >= 15 is 0 Å². The van der Waals surface area contributed by atoms with Gasteiger partial charge in [0.05, 0.1) is 0 Å². The van der Waals surface area contributed by atoms with E-state index in [2.05, 4.69) is 36.1 Å². The predicted octanol–water partition coefficient (Wildman–Crippen LogP) is 2.83. The van der Waals surface area contributed by atoms with Crippen molar-refractivity contribution in [1.82, 2.24) is 4.90 Å². The fourth-order valence-corrected chi connectivity index (χ4v) is 2.71. The lowest BCUT2D eigenvalue weighted by Gasteiger charge is -2.16. The topological polar surface area (TPSA) is 3.24 Å². The summed E-state index contributed by atoms with van der Waals surface area (Å²) in [5.74, 6) is 1.14. The minimum absolute atomic E-state index is 0.964. The van der Waals surface area contributed by atoms with Crippen LogP contribution in [0.2, 0.25) is 0 Å². The molecule has 0 atom stereocenters. The lowest BCUT2D eigenvalue weighted by molar-refractivity contribution is 0.464. The second-order valence-electron chi connectivity index (χ2n) is 3.52. The summed E-state index contributed by atoms with van der Waals surface area (Å²) in [6, 6.07) is 8.67. The Morgan fingerprint density at radius 2 is 2.07 bits per heavy atom. The number of thiocarbonyl (C=S) groups is 1. The number of hydrogen-bond donors (Lipinski definition) is 0. The summed E-state index contributed by atoms with van der Waals surface area (Å²) in [5, 5.41) is 0. The molecule has 2 rings (SSSR count). The molecule has 1 fully saturated rings. The molecule has 1 saturated heterocycles. The molecule has 3 heteroatoms. The molecule has 1 nitrogen and oxygen atoms in total. The lowest BCUT2D eigenvalue weighted by atomic mass is 10.1. The zero-order valence-electron chi connectivity index (χ0n) is 8.19. The summed E-state index contributed by atoms with van der Waals surface area (Å²) >= 11 is 7.04. The van der Waals surface area contributed by atoms with Crippen molar-refractivity contribution in [2.75, 3.05) is 12.3 Å². The van der Waals surface area contributed by atoms with Gasteiger partial charge in [0.15, 0.2) is 0 Å². The van der Waals surface area contributed by atoms with Crippen LogP contribution in [0.5, 0.6) is 0 Å². The second-order valence-corrected chi connectivity index (χ2v) is 5.25. The predicted molar refractivity (Wildman–Crippen MR) is 66.6 cm³/mol. The van der Waals surface area contributed by atoms with Gasteiger partial charge in [0.2, 0.25) is 0 Å². The third kappa shape index (κ3) is 2.28. The summed E-state index contributed by atoms with van der Waals surface area (Å²) in [6.07, 6.45) is 0. The van der Waals surface area contributed by atoms with Gasteiger partial charge in [-0.3, -0.25) is 0 Å². The molecule has 14 heavy (non-hydrogen) atoms. The molecule has 74 valence electrons. The van der Waals surface area contributed by atoms with E-state index in [0.717, 1.165) is 23.2 Å². The van der Waals surface area contributed by atoms with Crippen molar-refractivity contribution in [1.29, 1.82) is 0 Å². The van der Waals surface area contributed by atoms with E-state index < -0.39 is 0 Å². The van der Waals surface area contributed by atoms with Gasteiger partial charge < -0.3 is 4.90 Å². The van der Waals surface area contributed by atoms with Crippen molar-refractivity contribution in [2.24, 2.45) is 0 Å². The highest BCUT2D eigenvalue weighted by Crippen LogP contribution is 2.20. The fraction of sp³-hybridized carbons (Fsp3) is 0.364. The number of benzene rings is 1. The van der Waals surface area contributed by atoms with Gasteiger partial charge in [0.25, 0.3) is 0 Å². The Hall–Kier alpha value is -0.540. The van der Waals surface area contributed by atoms with E-state index in [4.69, 9.17) is 12.2 Å². The minimum atomic E-state index is 0.964. The third-order valence-electron chi connectivity index (χ3n) is 2.34. The molecular formula is C11H13NS2. The highest BCUT2D eigenvalue weighted by molar-refractivity contribution is 8.23. The number of nitrogens with zero attached hydrogens (tertiary/aromatic N) is 1. The standard InChI is InChI=1S/C11H13NS2/c1-9-2-4-10(5-3-9)8-12-6-7-14-11(12)13/h2-5H,6-8H2,1H3. The Kier molecular flexibility index (Phi) is 3.08. The second kappa shape index (κ2) is 4.32. The van der Waals surface area contributed by atoms with Crippen LogP contribution >= 0.6 is 24.0 Å². The van der Waals surface area contributed by atoms with Gasteiger partial charge in [-0.25, -0.2) is 0 Å². The first-order chi connectivity index (χ1) is 6.75. The highest BCUT2D eigenvalue weighted by atomic mass is 32.2. The van der Waals surface area contributed by atoms with Crippen molar-refractivity contribution in [3.8, 4) is 0 Å². The van der Waals surface area contributed by atoms with Crippen LogP contribution in [-0.4, -0.2) is 21.5 Å². The number of aryl methyl sites for hydroxylation is 1. The zero-order valence-corrected chi connectivity index (χ0v) is 9.83. The Balaban J connectivity index is 2.03. The molecular weight excluding hydrogens is 210 g/mol. The van der Waals surface area contributed by atoms with E-state index in [0.29, 0.717) is 0 Å². The molecule has 0 aliphatic carbocycles. The normalized spacial score (nSPS) is 16.4. The first-order valence-corrected chi connectivity index (χ1v) is 6.12. The van der Waals surface area contributed by atoms with E-state index in [9.17, 15) is 0 Å². The maximum atomic E-state index is 5.25. The van der Waals surface area contributed by atoms with Gasteiger partial charge in [-0.05, 0) is 12.5 Å². The van der Waals surface area contributed by atoms with Gasteiger partial charge in [0, 0.05) is 18.8 Å². The molecule has 1 aromatic carbocycles. The Morgan fingerprint density at radius 3 is 2.64 bits per heavy atom. The largest absolute Gasteiger partial charge is 0.352 e. The van der Waals surface area contributed by atoms with Gasteiger partial charge >= 0.3 is 0 Å². The highest BCUT2D eigenvalue weighted by Gasteiger charge is 2.16. The lowest BCUT2D eigenvalue weighted by Crippen LogP contribution is -2.22. The molecule has 0 unspecified atom stereocenters. The molecule has 0 aromatic heterocycles. The van der Waals surface area contributed by atoms with Crippen LogP contribution < -0.4 is 0 Å². The van der Waals surface area contributed by atoms with Crippen LogP contribution in [0.1, 0.15) is 11.1 Å². The molecule has 1 aliphatic rings. The van der Waals surface area contributed by atoms with Crippen LogP contribution in [0.3, 0.4) is 0 Å². The van der Waals surface area contributed by atoms with Crippen LogP contribution in [0, 0.1) is 6.92 Å². The summed E-state index contributed by atoms with van der Waals surface area (Å²) < 4.78 is 1.05. The average Bonchev–Trinajstić information content (AvgIpc) is 2.56. The van der Waals surface area contributed by atoms with Crippen molar-refractivity contribution >= 4 is 28.3 Å². The van der Waals surface area contributed by atoms with Crippen molar-refractivity contribution in [3.05, 3.63) is 35.4 Å². The van der Waals surface area contributed by atoms with Gasteiger partial charge in [-0.2, -0.15) is 0 Å². The molecule has 0 radical (unpaired) electrons. The summed E-state index contributed by atoms with van der Waals surface area (Å²) in [4.78, 5) is 2.27. The summed E-state index contributed by atoms with van der Waals surface area (Å²) in [6.45, 7) is 4.17. The summed E-state index contributed by atoms with van der Waals surface area (Å²) in [7, 11) is 0. The van der Waals surface area contributed by atoms with E-state index in [1.807, 2.05) is 0 Å². The molecule has 0 saturated carbocycles. The number of rotatable bonds is 2. The SMILES string of the molecule is Cc1ccc(CN2CCSC2=S)cc1. The monoisotopic (exact) mass is 223 g/mol. The van der Waals surface area contributed by atoms with Crippen LogP contribution in [-0.2, 0) is 6.54 Å². The summed E-state index contributed by atoms with van der Waals surface area (Å²) in [5.41, 5.74) is 2.66. The van der Waals surface area contributed by atoms with E-state index in [1.165, 1.54) is 11.1 Å². The maximum Gasteiger partial charge on any atom is 0.136 e. The maximum absolute atomic E-state index is 5.25. The molecule has 0 bridgehead atoms. The van der Waals surface area contributed by atoms with Crippen molar-refractivity contribution < 1.29 is 0 Å². The average molecular weight is 223 g/mol. The molecule has 1 aromatic rings. The molecule has 0 amide bonds. The molecule has 1 aliphatic heterocycles. The van der Waals surface area contributed by atoms with Gasteiger partial charge in [0.1, 0.15) is 4.32 Å². The number of thioether (sulfide) groups is 1. The van der Waals surface area contributed by atoms with E-state index in [1.54, 1.807) is 11.8 Å². The van der Waals surface area contributed by atoms with Crippen LogP contribution in [0.25, 0.3) is 0 Å². The number of hydrogen-bond acceptors (Lipinski definition) is 2. The quantitative estimate of drug-likeness (QED) is 0.710. The first kappa shape index (κ1) is 9.99. The molecule has 0 spiro atoms. The third-order valence-corrected chi connectivity index (χ3v) is 3.84. The van der Waals surface area contributed by atoms with Gasteiger partial charge in [-0.1, -0.05) is 53.8 Å².